The number of rotatable bonds is 15. The first kappa shape index (κ1) is 33.9. The number of carbonyl (C=O) groups excluding carboxylic acids is 2. The lowest BCUT2D eigenvalue weighted by atomic mass is 10.00. The summed E-state index contributed by atoms with van der Waals surface area (Å²) in [5.41, 5.74) is 5.69. The summed E-state index contributed by atoms with van der Waals surface area (Å²) in [6.07, 6.45) is 11.2. The lowest BCUT2D eigenvalue weighted by molar-refractivity contribution is -0.120. The minimum absolute atomic E-state index is 0.133. The highest BCUT2D eigenvalue weighted by Gasteiger charge is 2.38. The molecular weight excluding hydrogens is 615 g/mol. The Morgan fingerprint density at radius 2 is 1.56 bits per heavy atom. The van der Waals surface area contributed by atoms with Gasteiger partial charge in [0.25, 0.3) is 11.8 Å². The summed E-state index contributed by atoms with van der Waals surface area (Å²) < 4.78 is 0. The Bertz CT molecular complexity index is 1620. The molecule has 48 heavy (non-hydrogen) atoms. The van der Waals surface area contributed by atoms with E-state index in [4.69, 9.17) is 0 Å². The van der Waals surface area contributed by atoms with Gasteiger partial charge in [-0.05, 0) is 59.3 Å². The van der Waals surface area contributed by atoms with Crippen molar-refractivity contribution in [3.8, 4) is 11.1 Å². The van der Waals surface area contributed by atoms with Gasteiger partial charge in [-0.3, -0.25) is 19.8 Å². The Hall–Kier alpha value is -4.01. The predicted octanol–water partition coefficient (Wildman–Crippen LogP) is 8.65. The predicted molar refractivity (Wildman–Crippen MR) is 197 cm³/mol. The van der Waals surface area contributed by atoms with E-state index in [0.717, 1.165) is 54.4 Å². The van der Waals surface area contributed by atoms with E-state index < -0.39 is 6.04 Å². The van der Waals surface area contributed by atoms with Gasteiger partial charge in [0.15, 0.2) is 5.13 Å². The van der Waals surface area contributed by atoms with Crippen LogP contribution in [-0.4, -0.2) is 59.3 Å². The average Bonchev–Trinajstić information content (AvgIpc) is 3.74. The van der Waals surface area contributed by atoms with Crippen molar-refractivity contribution in [1.29, 1.82) is 0 Å². The second kappa shape index (κ2) is 16.4. The molecule has 1 aromatic heterocycles. The maximum Gasteiger partial charge on any atom is 0.255 e. The smallest absolute Gasteiger partial charge is 0.255 e. The monoisotopic (exact) mass is 663 g/mol. The summed E-state index contributed by atoms with van der Waals surface area (Å²) >= 11 is 1.36. The highest BCUT2D eigenvalue weighted by Crippen LogP contribution is 2.35. The average molecular weight is 664 g/mol. The van der Waals surface area contributed by atoms with Gasteiger partial charge in [-0.25, -0.2) is 4.98 Å². The van der Waals surface area contributed by atoms with Crippen LogP contribution < -0.4 is 10.2 Å². The minimum atomic E-state index is -0.761. The van der Waals surface area contributed by atoms with Crippen LogP contribution in [0.3, 0.4) is 0 Å². The fraction of sp³-hybridized carbons (Fsp3) is 0.425. The molecule has 0 saturated carbocycles. The molecule has 0 aliphatic carbocycles. The Morgan fingerprint density at radius 1 is 0.854 bits per heavy atom. The van der Waals surface area contributed by atoms with Crippen molar-refractivity contribution in [1.82, 2.24) is 14.8 Å². The molecule has 3 heterocycles. The zero-order valence-corrected chi connectivity index (χ0v) is 29.3. The van der Waals surface area contributed by atoms with Crippen molar-refractivity contribution in [2.75, 3.05) is 42.9 Å². The van der Waals surface area contributed by atoms with Gasteiger partial charge in [-0.1, -0.05) is 107 Å². The molecule has 1 fully saturated rings. The Balaban J connectivity index is 1.03. The van der Waals surface area contributed by atoms with E-state index >= 15 is 0 Å². The van der Waals surface area contributed by atoms with E-state index in [0.29, 0.717) is 17.2 Å². The van der Waals surface area contributed by atoms with Crippen molar-refractivity contribution in [2.45, 2.75) is 71.4 Å². The fourth-order valence-corrected chi connectivity index (χ4v) is 7.50. The molecule has 7 nitrogen and oxygen atoms in total. The summed E-state index contributed by atoms with van der Waals surface area (Å²) in [7, 11) is 0. The van der Waals surface area contributed by atoms with E-state index in [1.54, 1.807) is 11.1 Å². The molecule has 1 N–H and O–H groups in total. The number of nitrogens with zero attached hydrogens (tertiary/aromatic N) is 4. The maximum absolute atomic E-state index is 13.9. The molecule has 1 atom stereocenters. The van der Waals surface area contributed by atoms with Crippen molar-refractivity contribution in [3.05, 3.63) is 101 Å². The number of anilines is 2. The van der Waals surface area contributed by atoms with Gasteiger partial charge in [0, 0.05) is 55.6 Å². The molecule has 3 aromatic carbocycles. The molecule has 0 spiro atoms. The molecule has 2 aliphatic rings. The first-order chi connectivity index (χ1) is 23.5. The number of hydrogen-bond acceptors (Lipinski definition) is 6. The molecule has 4 aromatic rings. The molecule has 8 heteroatoms. The topological polar surface area (TPSA) is 68.8 Å². The lowest BCUT2D eigenvalue weighted by Crippen LogP contribution is -2.46. The highest BCUT2D eigenvalue weighted by atomic mass is 32.1. The molecule has 0 bridgehead atoms. The third-order valence-electron chi connectivity index (χ3n) is 9.72. The second-order valence-electron chi connectivity index (χ2n) is 13.6. The highest BCUT2D eigenvalue weighted by molar-refractivity contribution is 7.13. The molecule has 1 unspecified atom stereocenters. The number of thiazole rings is 1. The number of fused-ring (bicyclic) bond motifs is 1. The van der Waals surface area contributed by atoms with E-state index in [9.17, 15) is 9.59 Å². The van der Waals surface area contributed by atoms with Crippen LogP contribution >= 0.6 is 11.3 Å². The van der Waals surface area contributed by atoms with Crippen molar-refractivity contribution in [2.24, 2.45) is 5.92 Å². The van der Waals surface area contributed by atoms with Crippen LogP contribution in [0.25, 0.3) is 11.1 Å². The van der Waals surface area contributed by atoms with Gasteiger partial charge in [-0.15, -0.1) is 11.3 Å². The van der Waals surface area contributed by atoms with Crippen LogP contribution in [0.2, 0.25) is 0 Å². The molecule has 6 rings (SSSR count). The largest absolute Gasteiger partial charge is 0.369 e. The van der Waals surface area contributed by atoms with E-state index in [-0.39, 0.29) is 11.8 Å². The van der Waals surface area contributed by atoms with Crippen LogP contribution in [-0.2, 0) is 11.3 Å². The van der Waals surface area contributed by atoms with Gasteiger partial charge < -0.3 is 9.80 Å². The normalized spacial score (nSPS) is 15.6. The van der Waals surface area contributed by atoms with Crippen LogP contribution in [0.4, 0.5) is 10.8 Å². The molecule has 2 amide bonds. The zero-order valence-electron chi connectivity index (χ0n) is 28.4. The number of hydrogen-bond donors (Lipinski definition) is 1. The van der Waals surface area contributed by atoms with Gasteiger partial charge in [-0.2, -0.15) is 0 Å². The Morgan fingerprint density at radius 3 is 2.27 bits per heavy atom. The quantitative estimate of drug-likeness (QED) is 0.129. The number of piperazine rings is 1. The van der Waals surface area contributed by atoms with Gasteiger partial charge in [0.2, 0.25) is 0 Å². The Kier molecular flexibility index (Phi) is 11.6. The first-order valence-corrected chi connectivity index (χ1v) is 18.6. The lowest BCUT2D eigenvalue weighted by Gasteiger charge is -2.36. The standard InChI is InChI=1S/C40H49N5O2S/c1-30(2)12-8-5-3-4-6-11-22-43-23-25-44(26-24-43)35-19-17-31(18-20-35)33-15-16-34-29-45(39(47)36(34)28-33)37(32-13-9-7-10-14-32)38(46)42-40-41-21-27-48-40/h7,9-10,13-21,27-28,30,37H,3-6,8,11-12,22-26,29H2,1-2H3,(H,41,42,46). The summed E-state index contributed by atoms with van der Waals surface area (Å²) in [6, 6.07) is 23.6. The number of carbonyl (C=O) groups is 2. The molecule has 1 saturated heterocycles. The van der Waals surface area contributed by atoms with E-state index in [2.05, 4.69) is 64.3 Å². The molecule has 252 valence electrons. The third kappa shape index (κ3) is 8.52. The molecular formula is C40H49N5O2S. The third-order valence-corrected chi connectivity index (χ3v) is 10.4. The van der Waals surface area contributed by atoms with Crippen LogP contribution in [0.1, 0.15) is 86.3 Å². The van der Waals surface area contributed by atoms with Crippen molar-refractivity contribution >= 4 is 34.0 Å². The second-order valence-corrected chi connectivity index (χ2v) is 14.5. The minimum Gasteiger partial charge on any atom is -0.369 e. The van der Waals surface area contributed by atoms with Gasteiger partial charge in [0.05, 0.1) is 0 Å². The summed E-state index contributed by atoms with van der Waals surface area (Å²) in [5, 5.41) is 5.24. The van der Waals surface area contributed by atoms with Gasteiger partial charge in [0.1, 0.15) is 6.04 Å². The molecule has 2 aliphatic heterocycles. The maximum atomic E-state index is 13.9. The SMILES string of the molecule is CC(C)CCCCCCCCN1CCN(c2ccc(-c3ccc4c(c3)C(=O)N(C(C(=O)Nc3nccs3)c3ccccc3)C4)cc2)CC1. The number of benzene rings is 3. The van der Waals surface area contributed by atoms with Crippen LogP contribution in [0, 0.1) is 5.92 Å². The number of aromatic nitrogens is 1. The summed E-state index contributed by atoms with van der Waals surface area (Å²) in [6.45, 7) is 10.6. The Labute approximate surface area is 290 Å². The molecule has 0 radical (unpaired) electrons. The van der Waals surface area contributed by atoms with Crippen molar-refractivity contribution < 1.29 is 9.59 Å². The fourth-order valence-electron chi connectivity index (χ4n) is 6.97. The summed E-state index contributed by atoms with van der Waals surface area (Å²) in [5.74, 6) is 0.436. The van der Waals surface area contributed by atoms with Gasteiger partial charge >= 0.3 is 0 Å². The number of unbranched alkanes of at least 4 members (excludes halogenated alkanes) is 5. The van der Waals surface area contributed by atoms with Crippen molar-refractivity contribution in [3.63, 3.8) is 0 Å². The van der Waals surface area contributed by atoms with E-state index in [1.165, 1.54) is 68.5 Å². The van der Waals surface area contributed by atoms with E-state index in [1.807, 2.05) is 47.8 Å². The first-order valence-electron chi connectivity index (χ1n) is 17.7. The van der Waals surface area contributed by atoms with Crippen LogP contribution in [0.15, 0.2) is 84.4 Å². The number of nitrogens with one attached hydrogen (secondary N) is 1. The van der Waals surface area contributed by atoms with Crippen LogP contribution in [0.5, 0.6) is 0 Å². The zero-order chi connectivity index (χ0) is 33.3. The number of amides is 2. The summed E-state index contributed by atoms with van der Waals surface area (Å²) in [4.78, 5) is 38.4.